The lowest BCUT2D eigenvalue weighted by Crippen LogP contribution is -2.16. The number of fused-ring (bicyclic) bond motifs is 1. The number of para-hydroxylation sites is 1. The van der Waals surface area contributed by atoms with Gasteiger partial charge in [0.1, 0.15) is 0 Å². The summed E-state index contributed by atoms with van der Waals surface area (Å²) in [7, 11) is 0. The molecule has 2 nitrogen and oxygen atoms in total. The maximum atomic E-state index is 5.77. The molecule has 0 fully saturated rings. The summed E-state index contributed by atoms with van der Waals surface area (Å²) >= 11 is 0. The third-order valence-corrected chi connectivity index (χ3v) is 2.91. The fourth-order valence-corrected chi connectivity index (χ4v) is 2.08. The van der Waals surface area contributed by atoms with Crippen molar-refractivity contribution in [3.63, 3.8) is 0 Å². The minimum Gasteiger partial charge on any atom is -0.384 e. The van der Waals surface area contributed by atoms with E-state index in [9.17, 15) is 0 Å². The number of hydrogen-bond donors (Lipinski definition) is 2. The number of nitrogens with two attached hydrogens (primary N) is 1. The summed E-state index contributed by atoms with van der Waals surface area (Å²) in [5.74, 6) is 0.664. The zero-order valence-corrected chi connectivity index (χ0v) is 8.66. The van der Waals surface area contributed by atoms with Crippen LogP contribution in [0.15, 0.2) is 24.3 Å². The second-order valence-corrected chi connectivity index (χ2v) is 4.22. The van der Waals surface area contributed by atoms with Crippen molar-refractivity contribution in [1.82, 2.24) is 0 Å². The first-order chi connectivity index (χ1) is 6.77. The van der Waals surface area contributed by atoms with Crippen LogP contribution in [-0.2, 0) is 0 Å². The molecule has 14 heavy (non-hydrogen) atoms. The van der Waals surface area contributed by atoms with E-state index in [0.29, 0.717) is 12.0 Å². The maximum absolute atomic E-state index is 5.77. The molecule has 0 spiro atoms. The topological polar surface area (TPSA) is 38.0 Å². The molecule has 1 aromatic rings. The van der Waals surface area contributed by atoms with Crippen LogP contribution >= 0.6 is 0 Å². The highest BCUT2D eigenvalue weighted by Gasteiger charge is 2.20. The maximum Gasteiger partial charge on any atom is 0.0376 e. The van der Waals surface area contributed by atoms with Crippen LogP contribution in [0.2, 0.25) is 0 Å². The van der Waals surface area contributed by atoms with Gasteiger partial charge < -0.3 is 11.1 Å². The van der Waals surface area contributed by atoms with Gasteiger partial charge in [-0.1, -0.05) is 18.2 Å². The van der Waals surface area contributed by atoms with Crippen LogP contribution in [0.25, 0.3) is 0 Å². The Morgan fingerprint density at radius 2 is 2.29 bits per heavy atom. The van der Waals surface area contributed by atoms with Crippen molar-refractivity contribution in [2.24, 2.45) is 5.73 Å². The number of anilines is 1. The molecule has 1 aromatic carbocycles. The minimum absolute atomic E-state index is 0.322. The predicted molar refractivity (Wildman–Crippen MR) is 60.6 cm³/mol. The van der Waals surface area contributed by atoms with Gasteiger partial charge in [0.15, 0.2) is 0 Å². The summed E-state index contributed by atoms with van der Waals surface area (Å²) in [6.07, 6.45) is 2.31. The number of nitrogens with one attached hydrogen (secondary N) is 1. The lowest BCUT2D eigenvalue weighted by Gasteiger charge is -2.11. The molecule has 76 valence electrons. The molecule has 1 aliphatic rings. The van der Waals surface area contributed by atoms with E-state index in [1.54, 1.807) is 0 Å². The van der Waals surface area contributed by atoms with Crippen molar-refractivity contribution in [2.75, 3.05) is 11.9 Å². The van der Waals surface area contributed by atoms with Gasteiger partial charge in [-0.3, -0.25) is 0 Å². The van der Waals surface area contributed by atoms with Crippen molar-refractivity contribution in [3.8, 4) is 0 Å². The van der Waals surface area contributed by atoms with Crippen LogP contribution < -0.4 is 11.1 Å². The molecule has 2 heteroatoms. The van der Waals surface area contributed by atoms with E-state index in [-0.39, 0.29) is 0 Å². The first-order valence-electron chi connectivity index (χ1n) is 5.36. The molecule has 1 aliphatic heterocycles. The Bertz CT molecular complexity index is 307. The average molecular weight is 190 g/mol. The fourth-order valence-electron chi connectivity index (χ4n) is 2.08. The van der Waals surface area contributed by atoms with E-state index in [0.717, 1.165) is 13.0 Å². The van der Waals surface area contributed by atoms with E-state index in [1.807, 2.05) is 0 Å². The van der Waals surface area contributed by atoms with Gasteiger partial charge in [0.05, 0.1) is 0 Å². The minimum atomic E-state index is 0.322. The van der Waals surface area contributed by atoms with E-state index in [2.05, 4.69) is 36.5 Å². The van der Waals surface area contributed by atoms with Gasteiger partial charge in [-0.2, -0.15) is 0 Å². The molecule has 2 atom stereocenters. The Labute approximate surface area is 85.5 Å². The van der Waals surface area contributed by atoms with Crippen molar-refractivity contribution in [1.29, 1.82) is 0 Å². The van der Waals surface area contributed by atoms with Gasteiger partial charge in [0.25, 0.3) is 0 Å². The van der Waals surface area contributed by atoms with E-state index in [4.69, 9.17) is 5.73 Å². The molecule has 0 radical (unpaired) electrons. The lowest BCUT2D eigenvalue weighted by atomic mass is 9.95. The molecule has 0 saturated carbocycles. The van der Waals surface area contributed by atoms with Crippen molar-refractivity contribution in [2.45, 2.75) is 31.7 Å². The van der Waals surface area contributed by atoms with Crippen LogP contribution in [-0.4, -0.2) is 12.6 Å². The first kappa shape index (κ1) is 9.53. The van der Waals surface area contributed by atoms with Gasteiger partial charge in [-0.15, -0.1) is 0 Å². The monoisotopic (exact) mass is 190 g/mol. The molecular formula is C12H18N2. The second-order valence-electron chi connectivity index (χ2n) is 4.22. The van der Waals surface area contributed by atoms with Crippen LogP contribution in [0.1, 0.15) is 31.2 Å². The molecule has 0 bridgehead atoms. The second kappa shape index (κ2) is 4.01. The van der Waals surface area contributed by atoms with Gasteiger partial charge in [0, 0.05) is 24.2 Å². The van der Waals surface area contributed by atoms with Crippen LogP contribution in [0.3, 0.4) is 0 Å². The Morgan fingerprint density at radius 3 is 3.07 bits per heavy atom. The normalized spacial score (nSPS) is 21.4. The van der Waals surface area contributed by atoms with Gasteiger partial charge in [0.2, 0.25) is 0 Å². The van der Waals surface area contributed by atoms with Crippen molar-refractivity contribution in [3.05, 3.63) is 29.8 Å². The summed E-state index contributed by atoms with van der Waals surface area (Å²) in [5, 5.41) is 3.43. The smallest absolute Gasteiger partial charge is 0.0376 e. The van der Waals surface area contributed by atoms with Crippen molar-refractivity contribution < 1.29 is 0 Å². The Kier molecular flexibility index (Phi) is 2.73. The van der Waals surface area contributed by atoms with Crippen LogP contribution in [0, 0.1) is 0 Å². The molecular weight excluding hydrogens is 172 g/mol. The highest BCUT2D eigenvalue weighted by atomic mass is 14.9. The molecule has 0 amide bonds. The highest BCUT2D eigenvalue weighted by Crippen LogP contribution is 2.33. The number of rotatable bonds is 3. The summed E-state index contributed by atoms with van der Waals surface area (Å²) in [6, 6.07) is 8.90. The predicted octanol–water partition coefficient (Wildman–Crippen LogP) is 2.32. The third kappa shape index (κ3) is 1.90. The first-order valence-corrected chi connectivity index (χ1v) is 5.36. The zero-order chi connectivity index (χ0) is 9.97. The summed E-state index contributed by atoms with van der Waals surface area (Å²) in [5.41, 5.74) is 8.54. The summed E-state index contributed by atoms with van der Waals surface area (Å²) < 4.78 is 0. The molecule has 2 rings (SSSR count). The average Bonchev–Trinajstić information content (AvgIpc) is 2.58. The van der Waals surface area contributed by atoms with Crippen molar-refractivity contribution >= 4 is 5.69 Å². The molecule has 0 aliphatic carbocycles. The standard InChI is InChI=1S/C12H18N2/c1-9(13)6-7-10-8-14-12-5-3-2-4-11(10)12/h2-5,9-10,14H,6-8,13H2,1H3/t9-,10-/m1/s1. The Hall–Kier alpha value is -1.02. The largest absolute Gasteiger partial charge is 0.384 e. The summed E-state index contributed by atoms with van der Waals surface area (Å²) in [6.45, 7) is 3.15. The van der Waals surface area contributed by atoms with Gasteiger partial charge in [-0.25, -0.2) is 0 Å². The van der Waals surface area contributed by atoms with Crippen LogP contribution in [0.4, 0.5) is 5.69 Å². The molecule has 3 N–H and O–H groups in total. The third-order valence-electron chi connectivity index (χ3n) is 2.91. The van der Waals surface area contributed by atoms with E-state index < -0.39 is 0 Å². The van der Waals surface area contributed by atoms with Crippen LogP contribution in [0.5, 0.6) is 0 Å². The number of benzene rings is 1. The zero-order valence-electron chi connectivity index (χ0n) is 8.66. The summed E-state index contributed by atoms with van der Waals surface area (Å²) in [4.78, 5) is 0. The SMILES string of the molecule is C[C@@H](N)CC[C@@H]1CNc2ccccc21. The lowest BCUT2D eigenvalue weighted by molar-refractivity contribution is 0.567. The Balaban J connectivity index is 2.03. The quantitative estimate of drug-likeness (QED) is 0.767. The Morgan fingerprint density at radius 1 is 1.50 bits per heavy atom. The fraction of sp³-hybridized carbons (Fsp3) is 0.500. The number of hydrogen-bond acceptors (Lipinski definition) is 2. The molecule has 0 unspecified atom stereocenters. The molecule has 1 heterocycles. The van der Waals surface area contributed by atoms with Gasteiger partial charge in [-0.05, 0) is 31.4 Å². The molecule has 0 saturated heterocycles. The van der Waals surface area contributed by atoms with E-state index in [1.165, 1.54) is 17.7 Å². The van der Waals surface area contributed by atoms with Gasteiger partial charge >= 0.3 is 0 Å². The van der Waals surface area contributed by atoms with E-state index >= 15 is 0 Å². The molecule has 0 aromatic heterocycles. The highest BCUT2D eigenvalue weighted by molar-refractivity contribution is 5.57.